The molecule has 0 aliphatic rings. The Morgan fingerprint density at radius 2 is 1.86 bits per heavy atom. The maximum Gasteiger partial charge on any atom is 0.333 e. The molecule has 0 rings (SSSR count). The van der Waals surface area contributed by atoms with E-state index in [2.05, 4.69) is 11.3 Å². The molecule has 3 nitrogen and oxygen atoms in total. The van der Waals surface area contributed by atoms with Gasteiger partial charge in [0.05, 0.1) is 6.61 Å². The zero-order valence-electron chi connectivity index (χ0n) is 8.02. The largest absolute Gasteiger partial charge is 0.460 e. The molecule has 14 heavy (non-hydrogen) atoms. The summed E-state index contributed by atoms with van der Waals surface area (Å²) in [6.45, 7) is 6.30. The lowest BCUT2D eigenvalue weighted by Crippen LogP contribution is -2.08. The molecule has 0 saturated carbocycles. The van der Waals surface area contributed by atoms with Crippen LogP contribution in [0.15, 0.2) is 12.2 Å². The van der Waals surface area contributed by atoms with Crippen LogP contribution in [0, 0.1) is 0 Å². The Bertz CT molecular complexity index is 181. The van der Waals surface area contributed by atoms with Gasteiger partial charge in [0.2, 0.25) is 0 Å². The maximum atomic E-state index is 10.5. The van der Waals surface area contributed by atoms with Gasteiger partial charge in [-0.1, -0.05) is 41.4 Å². The minimum Gasteiger partial charge on any atom is -0.460 e. The van der Waals surface area contributed by atoms with Crippen LogP contribution in [-0.2, 0) is 9.53 Å². The molecule has 0 aromatic heterocycles. The van der Waals surface area contributed by atoms with Crippen molar-refractivity contribution in [2.24, 2.45) is 0 Å². The first-order chi connectivity index (χ1) is 6.18. The first-order valence-corrected chi connectivity index (χ1v) is 4.82. The van der Waals surface area contributed by atoms with Gasteiger partial charge < -0.3 is 9.84 Å². The van der Waals surface area contributed by atoms with E-state index in [4.69, 9.17) is 39.9 Å². The summed E-state index contributed by atoms with van der Waals surface area (Å²) in [5, 5.41) is 8.19. The molecule has 0 radical (unpaired) electrons. The number of alkyl halides is 3. The van der Waals surface area contributed by atoms with Gasteiger partial charge in [-0.3, -0.25) is 0 Å². The van der Waals surface area contributed by atoms with E-state index in [1.54, 1.807) is 6.92 Å². The van der Waals surface area contributed by atoms with E-state index in [1.165, 1.54) is 6.92 Å². The van der Waals surface area contributed by atoms with Crippen LogP contribution in [0.2, 0.25) is 0 Å². The molecule has 0 aliphatic carbocycles. The number of hydrogen-bond donors (Lipinski definition) is 1. The number of esters is 1. The SMILES string of the molecule is C=C(C)C(=O)OCCO.CC(Cl)(Cl)Cl. The number of aliphatic hydroxyl groups is 1. The van der Waals surface area contributed by atoms with Crippen molar-refractivity contribution in [1.29, 1.82) is 0 Å². The topological polar surface area (TPSA) is 46.5 Å². The standard InChI is InChI=1S/C6H10O3.C2H3Cl3/c1-5(2)6(8)9-4-3-7;1-2(3,4)5/h7H,1,3-4H2,2H3;1H3. The number of hydrogen-bond acceptors (Lipinski definition) is 3. The zero-order chi connectivity index (χ0) is 11.8. The fraction of sp³-hybridized carbons (Fsp3) is 0.625. The van der Waals surface area contributed by atoms with E-state index in [-0.39, 0.29) is 13.2 Å². The molecular formula is C8H13Cl3O3. The van der Waals surface area contributed by atoms with Crippen molar-refractivity contribution < 1.29 is 14.6 Å². The quantitative estimate of drug-likeness (QED) is 0.483. The fourth-order valence-electron chi connectivity index (χ4n) is 0.262. The van der Waals surface area contributed by atoms with Gasteiger partial charge in [0.15, 0.2) is 3.79 Å². The molecule has 0 saturated heterocycles. The highest BCUT2D eigenvalue weighted by Crippen LogP contribution is 2.23. The van der Waals surface area contributed by atoms with E-state index in [0.717, 1.165) is 0 Å². The third-order valence-electron chi connectivity index (χ3n) is 0.673. The summed E-state index contributed by atoms with van der Waals surface area (Å²) >= 11 is 15.2. The monoisotopic (exact) mass is 262 g/mol. The van der Waals surface area contributed by atoms with E-state index >= 15 is 0 Å². The summed E-state index contributed by atoms with van der Waals surface area (Å²) < 4.78 is 3.38. The third-order valence-corrected chi connectivity index (χ3v) is 0.673. The van der Waals surface area contributed by atoms with Crippen LogP contribution >= 0.6 is 34.8 Å². The number of ether oxygens (including phenoxy) is 1. The zero-order valence-corrected chi connectivity index (χ0v) is 10.3. The fourth-order valence-corrected chi connectivity index (χ4v) is 0.262. The molecular weight excluding hydrogens is 250 g/mol. The molecule has 0 aliphatic heterocycles. The number of rotatable bonds is 3. The Morgan fingerprint density at radius 1 is 1.50 bits per heavy atom. The van der Waals surface area contributed by atoms with Crippen LogP contribution in [0.5, 0.6) is 0 Å². The van der Waals surface area contributed by atoms with Gasteiger partial charge in [-0.05, 0) is 13.8 Å². The minimum atomic E-state index is -1.08. The molecule has 1 N–H and O–H groups in total. The van der Waals surface area contributed by atoms with Crippen LogP contribution in [0.1, 0.15) is 13.8 Å². The van der Waals surface area contributed by atoms with Gasteiger partial charge in [-0.25, -0.2) is 4.79 Å². The van der Waals surface area contributed by atoms with Crippen LogP contribution in [0.25, 0.3) is 0 Å². The predicted molar refractivity (Wildman–Crippen MR) is 58.8 cm³/mol. The van der Waals surface area contributed by atoms with Gasteiger partial charge in [0.25, 0.3) is 0 Å². The Hall–Kier alpha value is 0.0400. The van der Waals surface area contributed by atoms with Gasteiger partial charge in [0, 0.05) is 5.57 Å². The summed E-state index contributed by atoms with van der Waals surface area (Å²) in [4.78, 5) is 10.5. The van der Waals surface area contributed by atoms with Crippen molar-refractivity contribution in [2.45, 2.75) is 17.6 Å². The van der Waals surface area contributed by atoms with Gasteiger partial charge in [0.1, 0.15) is 6.61 Å². The number of halogens is 3. The van der Waals surface area contributed by atoms with Gasteiger partial charge in [-0.2, -0.15) is 0 Å². The van der Waals surface area contributed by atoms with E-state index in [0.29, 0.717) is 5.57 Å². The minimum absolute atomic E-state index is 0.0473. The molecule has 0 aromatic rings. The third kappa shape index (κ3) is 22.7. The first-order valence-electron chi connectivity index (χ1n) is 3.68. The summed E-state index contributed by atoms with van der Waals surface area (Å²) in [7, 11) is 0. The average Bonchev–Trinajstić information content (AvgIpc) is 1.96. The second-order valence-corrected chi connectivity index (χ2v) is 5.27. The molecule has 0 bridgehead atoms. The summed E-state index contributed by atoms with van der Waals surface area (Å²) in [5.41, 5.74) is 0.350. The molecule has 0 unspecified atom stereocenters. The Morgan fingerprint density at radius 3 is 2.07 bits per heavy atom. The van der Waals surface area contributed by atoms with Gasteiger partial charge >= 0.3 is 5.97 Å². The number of carbonyl (C=O) groups excluding carboxylic acids is 1. The van der Waals surface area contributed by atoms with Crippen molar-refractivity contribution >= 4 is 40.8 Å². The van der Waals surface area contributed by atoms with Crippen LogP contribution in [0.3, 0.4) is 0 Å². The van der Waals surface area contributed by atoms with E-state index in [9.17, 15) is 4.79 Å². The lowest BCUT2D eigenvalue weighted by atomic mass is 10.4. The Kier molecular flexibility index (Phi) is 9.83. The summed E-state index contributed by atoms with van der Waals surface area (Å²) in [6, 6.07) is 0. The normalized spacial score (nSPS) is 9.86. The molecule has 6 heteroatoms. The van der Waals surface area contributed by atoms with Crippen molar-refractivity contribution in [3.8, 4) is 0 Å². The summed E-state index contributed by atoms with van der Waals surface area (Å²) in [6.07, 6.45) is 0. The van der Waals surface area contributed by atoms with Crippen molar-refractivity contribution in [1.82, 2.24) is 0 Å². The van der Waals surface area contributed by atoms with Crippen LogP contribution in [0.4, 0.5) is 0 Å². The first kappa shape index (κ1) is 16.5. The maximum absolute atomic E-state index is 10.5. The van der Waals surface area contributed by atoms with E-state index in [1.807, 2.05) is 0 Å². The van der Waals surface area contributed by atoms with Crippen LogP contribution < -0.4 is 0 Å². The van der Waals surface area contributed by atoms with Crippen molar-refractivity contribution in [3.63, 3.8) is 0 Å². The second kappa shape index (κ2) is 8.36. The van der Waals surface area contributed by atoms with Crippen molar-refractivity contribution in [3.05, 3.63) is 12.2 Å². The smallest absolute Gasteiger partial charge is 0.333 e. The Balaban J connectivity index is 0. The highest BCUT2D eigenvalue weighted by atomic mass is 35.6. The van der Waals surface area contributed by atoms with Crippen LogP contribution in [-0.4, -0.2) is 28.1 Å². The lowest BCUT2D eigenvalue weighted by molar-refractivity contribution is -0.139. The molecule has 0 aromatic carbocycles. The molecule has 84 valence electrons. The predicted octanol–water partition coefficient (Wildman–Crippen LogP) is 2.47. The molecule has 0 atom stereocenters. The average molecular weight is 264 g/mol. The highest BCUT2D eigenvalue weighted by Gasteiger charge is 2.07. The van der Waals surface area contributed by atoms with Gasteiger partial charge in [-0.15, -0.1) is 0 Å². The lowest BCUT2D eigenvalue weighted by Gasteiger charge is -1.99. The molecule has 0 amide bonds. The molecule has 0 fully saturated rings. The number of aliphatic hydroxyl groups excluding tert-OH is 1. The summed E-state index contributed by atoms with van der Waals surface area (Å²) in [5.74, 6) is -0.455. The molecule has 0 spiro atoms. The Labute approximate surface area is 98.6 Å². The van der Waals surface area contributed by atoms with Crippen molar-refractivity contribution in [2.75, 3.05) is 13.2 Å². The second-order valence-electron chi connectivity index (χ2n) is 2.42. The number of carbonyl (C=O) groups is 1. The molecule has 0 heterocycles. The van der Waals surface area contributed by atoms with E-state index < -0.39 is 9.76 Å². The highest BCUT2D eigenvalue weighted by molar-refractivity contribution is 6.67.